The van der Waals surface area contributed by atoms with Crippen LogP contribution in [0.4, 0.5) is 5.82 Å². The predicted molar refractivity (Wildman–Crippen MR) is 123 cm³/mol. The number of hydrogen-bond acceptors (Lipinski definition) is 7. The van der Waals surface area contributed by atoms with Crippen molar-refractivity contribution >= 4 is 38.0 Å². The lowest BCUT2D eigenvalue weighted by molar-refractivity contribution is 0.590. The van der Waals surface area contributed by atoms with E-state index in [4.69, 9.17) is 0 Å². The second-order valence-corrected chi connectivity index (χ2v) is 10.2. The molecule has 0 aliphatic rings. The molecule has 2 aromatic heterocycles. The van der Waals surface area contributed by atoms with Crippen LogP contribution in [0.2, 0.25) is 0 Å². The van der Waals surface area contributed by atoms with E-state index < -0.39 is 15.1 Å². The van der Waals surface area contributed by atoms with Gasteiger partial charge in [0.1, 0.15) is 5.69 Å². The van der Waals surface area contributed by atoms with E-state index in [0.717, 1.165) is 16.0 Å². The van der Waals surface area contributed by atoms with Crippen molar-refractivity contribution in [3.05, 3.63) is 81.7 Å². The molecule has 1 atom stereocenters. The molecule has 0 amide bonds. The zero-order chi connectivity index (χ0) is 22.0. The molecule has 31 heavy (non-hydrogen) atoms. The summed E-state index contributed by atoms with van der Waals surface area (Å²) in [6.45, 7) is 4.22. The third kappa shape index (κ3) is 4.15. The van der Waals surface area contributed by atoms with Gasteiger partial charge in [0.2, 0.25) is 9.84 Å². The third-order valence-electron chi connectivity index (χ3n) is 5.09. The summed E-state index contributed by atoms with van der Waals surface area (Å²) in [4.78, 5) is 10.3. The second-order valence-electron chi connectivity index (χ2n) is 7.18. The topological polar surface area (TPSA) is 95.7 Å². The summed E-state index contributed by atoms with van der Waals surface area (Å²) >= 11 is 1.58. The number of nitriles is 1. The lowest BCUT2D eigenvalue weighted by atomic mass is 10.1. The number of sulfone groups is 1. The molecule has 156 valence electrons. The summed E-state index contributed by atoms with van der Waals surface area (Å²) in [6, 6.07) is 18.0. The molecule has 0 unspecified atom stereocenters. The number of hydrogen-bond donors (Lipinski definition) is 1. The molecule has 2 heterocycles. The summed E-state index contributed by atoms with van der Waals surface area (Å²) in [6.07, 6.45) is 0. The fourth-order valence-electron chi connectivity index (χ4n) is 3.22. The minimum atomic E-state index is -4.01. The number of fused-ring (bicyclic) bond motifs is 1. The summed E-state index contributed by atoms with van der Waals surface area (Å²) in [5.41, 5.74) is 3.10. The maximum atomic E-state index is 13.4. The maximum absolute atomic E-state index is 13.4. The number of nitrogens with one attached hydrogen (secondary N) is 1. The average Bonchev–Trinajstić information content (AvgIpc) is 3.28. The van der Waals surface area contributed by atoms with Gasteiger partial charge in [-0.2, -0.15) is 5.26 Å². The van der Waals surface area contributed by atoms with Crippen molar-refractivity contribution in [1.29, 1.82) is 5.26 Å². The molecular formula is C23H20N4O2S2. The Balaban J connectivity index is 1.83. The lowest BCUT2D eigenvalue weighted by Gasteiger charge is -2.16. The Hall–Kier alpha value is -3.28. The number of anilines is 1. The molecule has 4 rings (SSSR count). The van der Waals surface area contributed by atoms with Crippen LogP contribution in [0.5, 0.6) is 0 Å². The van der Waals surface area contributed by atoms with Gasteiger partial charge in [-0.3, -0.25) is 0 Å². The highest BCUT2D eigenvalue weighted by molar-refractivity contribution is 7.92. The first-order chi connectivity index (χ1) is 14.9. The van der Waals surface area contributed by atoms with E-state index in [9.17, 15) is 13.7 Å². The highest BCUT2D eigenvalue weighted by Gasteiger charge is 2.33. The maximum Gasteiger partial charge on any atom is 0.200 e. The van der Waals surface area contributed by atoms with Gasteiger partial charge in [0, 0.05) is 4.88 Å². The van der Waals surface area contributed by atoms with E-state index in [-0.39, 0.29) is 10.6 Å². The Kier molecular flexibility index (Phi) is 5.72. The number of benzene rings is 2. The molecule has 0 aliphatic heterocycles. The average molecular weight is 449 g/mol. The van der Waals surface area contributed by atoms with E-state index in [1.54, 1.807) is 35.6 Å². The van der Waals surface area contributed by atoms with Crippen LogP contribution >= 0.6 is 11.3 Å². The molecule has 2 aromatic carbocycles. The Morgan fingerprint density at radius 3 is 2.42 bits per heavy atom. The molecule has 0 spiro atoms. The van der Waals surface area contributed by atoms with Crippen LogP contribution in [0, 0.1) is 25.2 Å². The molecule has 1 N–H and O–H groups in total. The van der Waals surface area contributed by atoms with E-state index in [2.05, 4.69) is 15.3 Å². The number of thiophene rings is 1. The first kappa shape index (κ1) is 21.0. The minimum absolute atomic E-state index is 0.0984. The van der Waals surface area contributed by atoms with Gasteiger partial charge < -0.3 is 5.32 Å². The van der Waals surface area contributed by atoms with Crippen molar-refractivity contribution in [1.82, 2.24) is 9.97 Å². The van der Waals surface area contributed by atoms with Gasteiger partial charge in [-0.05, 0) is 60.7 Å². The molecule has 4 aromatic rings. The second kappa shape index (κ2) is 8.46. The molecule has 6 nitrogen and oxygen atoms in total. The SMILES string of the molecule is Cc1ccc(S(=O)(=O)[C@H](C#N)c2nc3ccccc3nc2NCc2cccs2)cc1C. The fourth-order valence-corrected chi connectivity index (χ4v) is 5.33. The molecule has 0 radical (unpaired) electrons. The molecule has 0 bridgehead atoms. The number of nitrogens with zero attached hydrogens (tertiary/aromatic N) is 3. The third-order valence-corrected chi connectivity index (χ3v) is 7.83. The van der Waals surface area contributed by atoms with Gasteiger partial charge in [0.05, 0.1) is 28.5 Å². The predicted octanol–water partition coefficient (Wildman–Crippen LogP) is 4.96. The number of para-hydroxylation sites is 2. The Bertz CT molecular complexity index is 1390. The van der Waals surface area contributed by atoms with Crippen molar-refractivity contribution in [2.24, 2.45) is 0 Å². The van der Waals surface area contributed by atoms with E-state index in [0.29, 0.717) is 23.4 Å². The van der Waals surface area contributed by atoms with Crippen LogP contribution in [-0.4, -0.2) is 18.4 Å². The van der Waals surface area contributed by atoms with Crippen molar-refractivity contribution < 1.29 is 8.42 Å². The van der Waals surface area contributed by atoms with Crippen LogP contribution in [0.1, 0.15) is 26.9 Å². The summed E-state index contributed by atoms with van der Waals surface area (Å²) in [5, 5.41) is 13.6. The van der Waals surface area contributed by atoms with Gasteiger partial charge in [-0.1, -0.05) is 24.3 Å². The minimum Gasteiger partial charge on any atom is -0.364 e. The van der Waals surface area contributed by atoms with Crippen LogP contribution in [-0.2, 0) is 16.4 Å². The van der Waals surface area contributed by atoms with Crippen molar-refractivity contribution in [2.45, 2.75) is 30.5 Å². The summed E-state index contributed by atoms with van der Waals surface area (Å²) < 4.78 is 26.9. The molecule has 0 saturated carbocycles. The van der Waals surface area contributed by atoms with Crippen LogP contribution in [0.25, 0.3) is 11.0 Å². The van der Waals surface area contributed by atoms with Gasteiger partial charge in [-0.25, -0.2) is 18.4 Å². The normalized spacial score (nSPS) is 12.4. The van der Waals surface area contributed by atoms with Crippen molar-refractivity contribution in [3.63, 3.8) is 0 Å². The van der Waals surface area contributed by atoms with Crippen LogP contribution < -0.4 is 5.32 Å². The van der Waals surface area contributed by atoms with Crippen molar-refractivity contribution in [2.75, 3.05) is 5.32 Å². The lowest BCUT2D eigenvalue weighted by Crippen LogP contribution is -2.17. The fraction of sp³-hybridized carbons (Fsp3) is 0.174. The number of rotatable bonds is 6. The van der Waals surface area contributed by atoms with Gasteiger partial charge in [-0.15, -0.1) is 11.3 Å². The molecule has 8 heteroatoms. The summed E-state index contributed by atoms with van der Waals surface area (Å²) in [5.74, 6) is 0.297. The largest absolute Gasteiger partial charge is 0.364 e. The first-order valence-electron chi connectivity index (χ1n) is 9.64. The monoisotopic (exact) mass is 448 g/mol. The number of aromatic nitrogens is 2. The highest BCUT2D eigenvalue weighted by Crippen LogP contribution is 2.33. The Labute approximate surface area is 185 Å². The van der Waals surface area contributed by atoms with E-state index in [1.807, 2.05) is 49.6 Å². The number of aryl methyl sites for hydroxylation is 2. The zero-order valence-electron chi connectivity index (χ0n) is 17.0. The van der Waals surface area contributed by atoms with Crippen LogP contribution in [0.15, 0.2) is 64.9 Å². The van der Waals surface area contributed by atoms with Crippen molar-refractivity contribution in [3.8, 4) is 6.07 Å². The Morgan fingerprint density at radius 1 is 1.03 bits per heavy atom. The molecular weight excluding hydrogens is 428 g/mol. The molecule has 0 saturated heterocycles. The van der Waals surface area contributed by atoms with Gasteiger partial charge in [0.25, 0.3) is 0 Å². The molecule has 0 fully saturated rings. The van der Waals surface area contributed by atoms with E-state index in [1.165, 1.54) is 6.07 Å². The van der Waals surface area contributed by atoms with Crippen LogP contribution in [0.3, 0.4) is 0 Å². The van der Waals surface area contributed by atoms with Gasteiger partial charge >= 0.3 is 0 Å². The van der Waals surface area contributed by atoms with E-state index >= 15 is 0 Å². The highest BCUT2D eigenvalue weighted by atomic mass is 32.2. The standard InChI is InChI=1S/C23H20N4O2S2/c1-15-9-10-18(12-16(15)2)31(28,29)21(13-24)22-23(25-14-17-6-5-11-30-17)27-20-8-4-3-7-19(20)26-22/h3-12,21H,14H2,1-2H3,(H,25,27)/t21-/m1/s1. The Morgan fingerprint density at radius 2 is 1.77 bits per heavy atom. The quantitative estimate of drug-likeness (QED) is 0.448. The first-order valence-corrected chi connectivity index (χ1v) is 12.1. The smallest absolute Gasteiger partial charge is 0.200 e. The summed E-state index contributed by atoms with van der Waals surface area (Å²) in [7, 11) is -4.01. The van der Waals surface area contributed by atoms with Gasteiger partial charge in [0.15, 0.2) is 11.1 Å². The zero-order valence-corrected chi connectivity index (χ0v) is 18.7. The molecule has 0 aliphatic carbocycles.